The van der Waals surface area contributed by atoms with E-state index in [0.29, 0.717) is 22.4 Å². The van der Waals surface area contributed by atoms with Crippen LogP contribution in [0, 0.1) is 5.82 Å². The van der Waals surface area contributed by atoms with Crippen LogP contribution >= 0.6 is 0 Å². The molecule has 0 unspecified atom stereocenters. The van der Waals surface area contributed by atoms with Gasteiger partial charge >= 0.3 is 6.09 Å². The Hall–Kier alpha value is -3.48. The molecule has 2 aromatic rings. The number of hydrogen-bond acceptors (Lipinski definition) is 4. The first kappa shape index (κ1) is 19.8. The summed E-state index contributed by atoms with van der Waals surface area (Å²) < 4.78 is 19.0. The minimum absolute atomic E-state index is 0.306. The van der Waals surface area contributed by atoms with E-state index in [0.717, 1.165) is 4.90 Å². The zero-order chi connectivity index (χ0) is 21.8. The summed E-state index contributed by atoms with van der Waals surface area (Å²) in [7, 11) is 1.59. The Bertz CT molecular complexity index is 1100. The quantitative estimate of drug-likeness (QED) is 0.719. The first-order valence-electron chi connectivity index (χ1n) is 9.50. The molecule has 2 heterocycles. The first-order valence-corrected chi connectivity index (χ1v) is 9.50. The van der Waals surface area contributed by atoms with Crippen LogP contribution in [-0.4, -0.2) is 35.5 Å². The third-order valence-electron chi connectivity index (χ3n) is 5.21. The van der Waals surface area contributed by atoms with Gasteiger partial charge in [-0.25, -0.2) is 14.1 Å². The van der Waals surface area contributed by atoms with Gasteiger partial charge in [0.05, 0.1) is 0 Å². The van der Waals surface area contributed by atoms with E-state index >= 15 is 0 Å². The van der Waals surface area contributed by atoms with Gasteiger partial charge in [0.25, 0.3) is 11.8 Å². The summed E-state index contributed by atoms with van der Waals surface area (Å²) in [4.78, 5) is 42.2. The molecular formula is C23H21FN2O4. The molecule has 154 valence electrons. The van der Waals surface area contributed by atoms with Gasteiger partial charge in [-0.05, 0) is 44.5 Å². The SMILES string of the molecule is CN1C(=O)[C@]2(C(c3ccc(F)cc3)=CC(=O)N2C(=O)OC(C)(C)C)c2ccccc21. The zero-order valence-corrected chi connectivity index (χ0v) is 17.1. The van der Waals surface area contributed by atoms with Crippen LogP contribution in [0.25, 0.3) is 5.57 Å². The van der Waals surface area contributed by atoms with Crippen LogP contribution in [0.2, 0.25) is 0 Å². The third-order valence-corrected chi connectivity index (χ3v) is 5.21. The molecule has 0 aliphatic carbocycles. The van der Waals surface area contributed by atoms with Gasteiger partial charge < -0.3 is 9.64 Å². The van der Waals surface area contributed by atoms with Crippen molar-refractivity contribution < 1.29 is 23.5 Å². The Balaban J connectivity index is 1.98. The van der Waals surface area contributed by atoms with E-state index in [-0.39, 0.29) is 0 Å². The number of likely N-dealkylation sites (N-methyl/N-ethyl adjacent to an activating group) is 1. The molecule has 7 heteroatoms. The smallest absolute Gasteiger partial charge is 0.418 e. The molecule has 3 amide bonds. The van der Waals surface area contributed by atoms with Crippen molar-refractivity contribution in [2.24, 2.45) is 0 Å². The Morgan fingerprint density at radius 2 is 1.67 bits per heavy atom. The van der Waals surface area contributed by atoms with Gasteiger partial charge in [0.1, 0.15) is 11.4 Å². The Labute approximate surface area is 173 Å². The molecule has 2 aliphatic rings. The van der Waals surface area contributed by atoms with Gasteiger partial charge in [-0.1, -0.05) is 30.3 Å². The van der Waals surface area contributed by atoms with Crippen LogP contribution in [0.4, 0.5) is 14.9 Å². The summed E-state index contributed by atoms with van der Waals surface area (Å²) in [6, 6.07) is 12.5. The number of carbonyl (C=O) groups is 3. The van der Waals surface area contributed by atoms with E-state index in [1.54, 1.807) is 52.1 Å². The predicted molar refractivity (Wildman–Crippen MR) is 109 cm³/mol. The maximum atomic E-state index is 13.7. The number of amides is 3. The van der Waals surface area contributed by atoms with Crippen LogP contribution in [0.3, 0.4) is 0 Å². The number of para-hydroxylation sites is 1. The highest BCUT2D eigenvalue weighted by Gasteiger charge is 2.63. The second kappa shape index (κ2) is 6.52. The van der Waals surface area contributed by atoms with Crippen molar-refractivity contribution in [3.05, 3.63) is 71.6 Å². The Morgan fingerprint density at radius 3 is 2.30 bits per heavy atom. The summed E-state index contributed by atoms with van der Waals surface area (Å²) in [5.74, 6) is -1.57. The molecule has 0 saturated carbocycles. The largest absolute Gasteiger partial charge is 0.443 e. The van der Waals surface area contributed by atoms with Gasteiger partial charge in [0, 0.05) is 29.9 Å². The molecule has 0 saturated heterocycles. The lowest BCUT2D eigenvalue weighted by molar-refractivity contribution is -0.136. The van der Waals surface area contributed by atoms with Crippen molar-refractivity contribution >= 4 is 29.2 Å². The maximum absolute atomic E-state index is 13.7. The molecule has 0 N–H and O–H groups in total. The van der Waals surface area contributed by atoms with Crippen LogP contribution in [0.15, 0.2) is 54.6 Å². The van der Waals surface area contributed by atoms with Crippen molar-refractivity contribution in [3.63, 3.8) is 0 Å². The fraction of sp³-hybridized carbons (Fsp3) is 0.261. The highest BCUT2D eigenvalue weighted by molar-refractivity contribution is 6.25. The molecule has 30 heavy (non-hydrogen) atoms. The van der Waals surface area contributed by atoms with E-state index in [1.165, 1.54) is 35.2 Å². The number of rotatable bonds is 1. The summed E-state index contributed by atoms with van der Waals surface area (Å²) in [6.45, 7) is 5.05. The lowest BCUT2D eigenvalue weighted by Gasteiger charge is -2.36. The minimum Gasteiger partial charge on any atom is -0.443 e. The van der Waals surface area contributed by atoms with Gasteiger partial charge in [-0.15, -0.1) is 0 Å². The van der Waals surface area contributed by atoms with E-state index in [2.05, 4.69) is 0 Å². The highest BCUT2D eigenvalue weighted by atomic mass is 19.1. The number of ether oxygens (including phenoxy) is 1. The number of imide groups is 1. The van der Waals surface area contributed by atoms with Gasteiger partial charge in [0.2, 0.25) is 0 Å². The molecule has 6 nitrogen and oxygen atoms in total. The van der Waals surface area contributed by atoms with E-state index < -0.39 is 34.9 Å². The molecule has 2 aliphatic heterocycles. The van der Waals surface area contributed by atoms with Crippen molar-refractivity contribution in [3.8, 4) is 0 Å². The van der Waals surface area contributed by atoms with Crippen LogP contribution in [0.1, 0.15) is 31.9 Å². The fourth-order valence-corrected chi connectivity index (χ4v) is 4.05. The number of halogens is 1. The Morgan fingerprint density at radius 1 is 1.03 bits per heavy atom. The fourth-order valence-electron chi connectivity index (χ4n) is 4.05. The topological polar surface area (TPSA) is 66.9 Å². The monoisotopic (exact) mass is 408 g/mol. The molecule has 0 fully saturated rings. The second-order valence-electron chi connectivity index (χ2n) is 8.31. The molecule has 1 spiro atoms. The normalized spacial score (nSPS) is 20.6. The first-order chi connectivity index (χ1) is 14.1. The molecule has 4 rings (SSSR count). The molecular weight excluding hydrogens is 387 g/mol. The van der Waals surface area contributed by atoms with E-state index in [9.17, 15) is 18.8 Å². The number of nitrogens with zero attached hydrogens (tertiary/aromatic N) is 2. The lowest BCUT2D eigenvalue weighted by Crippen LogP contribution is -2.55. The zero-order valence-electron chi connectivity index (χ0n) is 17.1. The Kier molecular flexibility index (Phi) is 4.31. The summed E-state index contributed by atoms with van der Waals surface area (Å²) in [5, 5.41) is 0. The van der Waals surface area contributed by atoms with Crippen LogP contribution < -0.4 is 4.90 Å². The van der Waals surface area contributed by atoms with Crippen LogP contribution in [-0.2, 0) is 19.9 Å². The highest BCUT2D eigenvalue weighted by Crippen LogP contribution is 2.54. The van der Waals surface area contributed by atoms with Gasteiger partial charge in [0.15, 0.2) is 5.54 Å². The van der Waals surface area contributed by atoms with E-state index in [1.807, 2.05) is 0 Å². The van der Waals surface area contributed by atoms with Crippen molar-refractivity contribution in [2.75, 3.05) is 11.9 Å². The van der Waals surface area contributed by atoms with Crippen LogP contribution in [0.5, 0.6) is 0 Å². The van der Waals surface area contributed by atoms with Crippen molar-refractivity contribution in [2.45, 2.75) is 31.9 Å². The molecule has 0 radical (unpaired) electrons. The number of fused-ring (bicyclic) bond motifs is 2. The second-order valence-corrected chi connectivity index (χ2v) is 8.31. The molecule has 0 aromatic heterocycles. The third kappa shape index (κ3) is 2.73. The number of carbonyl (C=O) groups excluding carboxylic acids is 3. The van der Waals surface area contributed by atoms with Crippen molar-refractivity contribution in [1.29, 1.82) is 0 Å². The summed E-state index contributed by atoms with van der Waals surface area (Å²) in [5.41, 5.74) is -0.745. The number of hydrogen-bond donors (Lipinski definition) is 0. The van der Waals surface area contributed by atoms with Gasteiger partial charge in [-0.3, -0.25) is 9.59 Å². The van der Waals surface area contributed by atoms with E-state index in [4.69, 9.17) is 4.74 Å². The molecule has 2 aromatic carbocycles. The molecule has 0 bridgehead atoms. The summed E-state index contributed by atoms with van der Waals surface area (Å²) in [6.07, 6.45) is 0.338. The number of benzene rings is 2. The standard InChI is InChI=1S/C23H21FN2O4/c1-22(2,3)30-21(29)26-19(27)13-17(14-9-11-15(24)12-10-14)23(26)16-7-5-6-8-18(16)25(4)20(23)28/h5-13H,1-4H3/t23-/m1/s1. The average molecular weight is 408 g/mol. The number of anilines is 1. The lowest BCUT2D eigenvalue weighted by atomic mass is 9.81. The molecule has 1 atom stereocenters. The minimum atomic E-state index is -1.72. The maximum Gasteiger partial charge on any atom is 0.418 e. The van der Waals surface area contributed by atoms with Gasteiger partial charge in [-0.2, -0.15) is 0 Å². The average Bonchev–Trinajstić information content (AvgIpc) is 3.10. The summed E-state index contributed by atoms with van der Waals surface area (Å²) >= 11 is 0. The van der Waals surface area contributed by atoms with Crippen molar-refractivity contribution in [1.82, 2.24) is 4.90 Å². The predicted octanol–water partition coefficient (Wildman–Crippen LogP) is 3.86.